The van der Waals surface area contributed by atoms with Crippen LogP contribution in [-0.4, -0.2) is 24.7 Å². The van der Waals surface area contributed by atoms with Crippen LogP contribution in [0, 0.1) is 17.8 Å². The Morgan fingerprint density at radius 1 is 1.11 bits per heavy atom. The number of carbonyl (C=O) groups is 1. The number of hydrogen-bond acceptors (Lipinski definition) is 3. The number of nitrogens with one attached hydrogen (secondary N) is 1. The predicted molar refractivity (Wildman–Crippen MR) is 72.3 cm³/mol. The van der Waals surface area contributed by atoms with Crippen molar-refractivity contribution in [3.63, 3.8) is 0 Å². The predicted octanol–water partition coefficient (Wildman–Crippen LogP) is 2.74. The van der Waals surface area contributed by atoms with Crippen LogP contribution in [0.25, 0.3) is 0 Å². The van der Waals surface area contributed by atoms with Gasteiger partial charge in [-0.1, -0.05) is 6.42 Å². The lowest BCUT2D eigenvalue weighted by molar-refractivity contribution is -0.162. The lowest BCUT2D eigenvalue weighted by atomic mass is 9.79. The number of esters is 1. The van der Waals surface area contributed by atoms with E-state index in [2.05, 4.69) is 5.32 Å². The molecule has 0 aromatic heterocycles. The highest BCUT2D eigenvalue weighted by Crippen LogP contribution is 2.41. The average molecular weight is 253 g/mol. The van der Waals surface area contributed by atoms with Crippen LogP contribution in [0.5, 0.6) is 0 Å². The highest BCUT2D eigenvalue weighted by molar-refractivity contribution is 5.73. The smallest absolute Gasteiger partial charge is 0.309 e. The summed E-state index contributed by atoms with van der Waals surface area (Å²) in [6.07, 6.45) is 5.89. The standard InChI is InChI=1S/C15H27NO2/c1-15(2,3)18-14(17)13-6-4-5-12(13)11-7-9-16-10-8-11/h11-13,16H,4-10H2,1-3H3. The highest BCUT2D eigenvalue weighted by Gasteiger charge is 2.40. The molecule has 0 bridgehead atoms. The molecule has 1 aliphatic carbocycles. The quantitative estimate of drug-likeness (QED) is 0.769. The minimum atomic E-state index is -0.349. The fourth-order valence-electron chi connectivity index (χ4n) is 3.50. The van der Waals surface area contributed by atoms with Crippen LogP contribution in [-0.2, 0) is 9.53 Å². The molecule has 2 unspecified atom stereocenters. The van der Waals surface area contributed by atoms with E-state index in [9.17, 15) is 4.79 Å². The summed E-state index contributed by atoms with van der Waals surface area (Å²) in [5.41, 5.74) is -0.349. The summed E-state index contributed by atoms with van der Waals surface area (Å²) in [4.78, 5) is 12.3. The first kappa shape index (κ1) is 13.9. The van der Waals surface area contributed by atoms with Gasteiger partial charge in [0.25, 0.3) is 0 Å². The summed E-state index contributed by atoms with van der Waals surface area (Å²) in [5.74, 6) is 1.50. The minimum absolute atomic E-state index is 0.0449. The molecule has 0 aromatic carbocycles. The van der Waals surface area contributed by atoms with Crippen LogP contribution >= 0.6 is 0 Å². The van der Waals surface area contributed by atoms with Crippen LogP contribution in [0.2, 0.25) is 0 Å². The summed E-state index contributed by atoms with van der Waals surface area (Å²) < 4.78 is 5.59. The molecule has 1 saturated carbocycles. The summed E-state index contributed by atoms with van der Waals surface area (Å²) >= 11 is 0. The Morgan fingerprint density at radius 3 is 2.39 bits per heavy atom. The van der Waals surface area contributed by atoms with Crippen molar-refractivity contribution in [2.75, 3.05) is 13.1 Å². The van der Waals surface area contributed by atoms with E-state index in [1.807, 2.05) is 20.8 Å². The Morgan fingerprint density at radius 2 is 1.78 bits per heavy atom. The fraction of sp³-hybridized carbons (Fsp3) is 0.933. The summed E-state index contributed by atoms with van der Waals surface area (Å²) in [7, 11) is 0. The van der Waals surface area contributed by atoms with Gasteiger partial charge in [0.15, 0.2) is 0 Å². The molecule has 2 rings (SSSR count). The third-order valence-electron chi connectivity index (χ3n) is 4.27. The van der Waals surface area contributed by atoms with Crippen LogP contribution in [0.3, 0.4) is 0 Å². The van der Waals surface area contributed by atoms with E-state index in [0.717, 1.165) is 25.4 Å². The molecule has 18 heavy (non-hydrogen) atoms. The van der Waals surface area contributed by atoms with Gasteiger partial charge >= 0.3 is 5.97 Å². The molecular formula is C15H27NO2. The van der Waals surface area contributed by atoms with Gasteiger partial charge < -0.3 is 10.1 Å². The van der Waals surface area contributed by atoms with Gasteiger partial charge in [-0.3, -0.25) is 4.79 Å². The Bertz CT molecular complexity index is 289. The Labute approximate surface area is 111 Å². The zero-order chi connectivity index (χ0) is 13.2. The molecule has 1 aliphatic heterocycles. The van der Waals surface area contributed by atoms with Gasteiger partial charge in [0.1, 0.15) is 5.60 Å². The second-order valence-electron chi connectivity index (χ2n) is 6.82. The molecule has 1 N–H and O–H groups in total. The van der Waals surface area contributed by atoms with E-state index >= 15 is 0 Å². The summed E-state index contributed by atoms with van der Waals surface area (Å²) in [6.45, 7) is 8.10. The second-order valence-corrected chi connectivity index (χ2v) is 6.82. The summed E-state index contributed by atoms with van der Waals surface area (Å²) in [5, 5.41) is 3.40. The van der Waals surface area contributed by atoms with E-state index in [1.165, 1.54) is 25.7 Å². The van der Waals surface area contributed by atoms with Gasteiger partial charge in [-0.15, -0.1) is 0 Å². The van der Waals surface area contributed by atoms with E-state index in [-0.39, 0.29) is 17.5 Å². The molecule has 1 heterocycles. The normalized spacial score (nSPS) is 30.4. The molecule has 0 aromatic rings. The average Bonchev–Trinajstić information content (AvgIpc) is 2.76. The number of ether oxygens (including phenoxy) is 1. The van der Waals surface area contributed by atoms with E-state index in [4.69, 9.17) is 4.74 Å². The molecule has 2 aliphatic rings. The topological polar surface area (TPSA) is 38.3 Å². The van der Waals surface area contributed by atoms with Crippen molar-refractivity contribution in [2.24, 2.45) is 17.8 Å². The van der Waals surface area contributed by atoms with Crippen molar-refractivity contribution in [3.8, 4) is 0 Å². The maximum absolute atomic E-state index is 12.3. The maximum atomic E-state index is 12.3. The Balaban J connectivity index is 1.96. The van der Waals surface area contributed by atoms with Gasteiger partial charge in [-0.25, -0.2) is 0 Å². The van der Waals surface area contributed by atoms with Crippen LogP contribution in [0.1, 0.15) is 52.9 Å². The van der Waals surface area contributed by atoms with Crippen LogP contribution in [0.15, 0.2) is 0 Å². The molecule has 2 atom stereocenters. The highest BCUT2D eigenvalue weighted by atomic mass is 16.6. The SMILES string of the molecule is CC(C)(C)OC(=O)C1CCCC1C1CCNCC1. The van der Waals surface area contributed by atoms with Crippen LogP contribution < -0.4 is 5.32 Å². The van der Waals surface area contributed by atoms with Crippen molar-refractivity contribution in [1.29, 1.82) is 0 Å². The first-order valence-corrected chi connectivity index (χ1v) is 7.41. The number of rotatable bonds is 2. The maximum Gasteiger partial charge on any atom is 0.309 e. The third-order valence-corrected chi connectivity index (χ3v) is 4.27. The molecular weight excluding hydrogens is 226 g/mol. The number of carbonyl (C=O) groups excluding carboxylic acids is 1. The summed E-state index contributed by atoms with van der Waals surface area (Å²) in [6, 6.07) is 0. The van der Waals surface area contributed by atoms with Gasteiger partial charge in [0.05, 0.1) is 5.92 Å². The van der Waals surface area contributed by atoms with Crippen molar-refractivity contribution in [1.82, 2.24) is 5.32 Å². The Kier molecular flexibility index (Phi) is 4.31. The first-order valence-electron chi connectivity index (χ1n) is 7.41. The minimum Gasteiger partial charge on any atom is -0.460 e. The second kappa shape index (κ2) is 5.60. The van der Waals surface area contributed by atoms with Crippen molar-refractivity contribution < 1.29 is 9.53 Å². The molecule has 0 radical (unpaired) electrons. The molecule has 3 nitrogen and oxygen atoms in total. The van der Waals surface area contributed by atoms with Gasteiger partial charge in [-0.05, 0) is 71.4 Å². The number of piperidine rings is 1. The monoisotopic (exact) mass is 253 g/mol. The van der Waals surface area contributed by atoms with E-state index in [0.29, 0.717) is 5.92 Å². The molecule has 3 heteroatoms. The van der Waals surface area contributed by atoms with Gasteiger partial charge in [-0.2, -0.15) is 0 Å². The fourth-order valence-corrected chi connectivity index (χ4v) is 3.50. The van der Waals surface area contributed by atoms with Gasteiger partial charge in [0, 0.05) is 0 Å². The van der Waals surface area contributed by atoms with Gasteiger partial charge in [0.2, 0.25) is 0 Å². The molecule has 2 fully saturated rings. The van der Waals surface area contributed by atoms with Crippen molar-refractivity contribution >= 4 is 5.97 Å². The molecule has 0 spiro atoms. The molecule has 0 amide bonds. The molecule has 1 saturated heterocycles. The lowest BCUT2D eigenvalue weighted by Crippen LogP contribution is -2.36. The largest absolute Gasteiger partial charge is 0.460 e. The number of hydrogen-bond donors (Lipinski definition) is 1. The molecule has 104 valence electrons. The first-order chi connectivity index (χ1) is 8.47. The third kappa shape index (κ3) is 3.47. The lowest BCUT2D eigenvalue weighted by Gasteiger charge is -2.32. The zero-order valence-corrected chi connectivity index (χ0v) is 12.0. The Hall–Kier alpha value is -0.570. The van der Waals surface area contributed by atoms with Crippen molar-refractivity contribution in [3.05, 3.63) is 0 Å². The van der Waals surface area contributed by atoms with E-state index in [1.54, 1.807) is 0 Å². The zero-order valence-electron chi connectivity index (χ0n) is 12.0. The van der Waals surface area contributed by atoms with Crippen LogP contribution in [0.4, 0.5) is 0 Å². The van der Waals surface area contributed by atoms with E-state index < -0.39 is 0 Å². The van der Waals surface area contributed by atoms with Crippen molar-refractivity contribution in [2.45, 2.75) is 58.5 Å².